The summed E-state index contributed by atoms with van der Waals surface area (Å²) >= 11 is 0. The van der Waals surface area contributed by atoms with E-state index in [9.17, 15) is 0 Å². The van der Waals surface area contributed by atoms with E-state index in [0.717, 1.165) is 17.8 Å². The Labute approximate surface area is 155 Å². The minimum atomic E-state index is 0.0306. The molecule has 2 aromatic carbocycles. The van der Waals surface area contributed by atoms with Crippen molar-refractivity contribution in [3.63, 3.8) is 0 Å². The summed E-state index contributed by atoms with van der Waals surface area (Å²) in [6, 6.07) is 19.5. The van der Waals surface area contributed by atoms with Gasteiger partial charge in [-0.25, -0.2) is 0 Å². The molecule has 0 aliphatic carbocycles. The summed E-state index contributed by atoms with van der Waals surface area (Å²) in [5.74, 6) is 1.04. The van der Waals surface area contributed by atoms with Crippen molar-refractivity contribution in [3.8, 4) is 0 Å². The van der Waals surface area contributed by atoms with Crippen LogP contribution in [0.5, 0.6) is 0 Å². The molecule has 26 heavy (non-hydrogen) atoms. The number of nitrogens with one attached hydrogen (secondary N) is 1. The standard InChI is InChI=1S/C24H27NO/c1-23(2,3)22-14-18-12-16(10-11-20(18)26-22)15-24(4,5)21-13-17-8-6-7-9-19(17)25-21/h6-14,25H,15H2,1-5H3. The molecule has 0 spiro atoms. The minimum absolute atomic E-state index is 0.0306. The van der Waals surface area contributed by atoms with Crippen LogP contribution in [0.25, 0.3) is 21.9 Å². The first-order valence-corrected chi connectivity index (χ1v) is 9.34. The summed E-state index contributed by atoms with van der Waals surface area (Å²) in [4.78, 5) is 3.60. The molecule has 0 aliphatic rings. The first-order valence-electron chi connectivity index (χ1n) is 9.34. The van der Waals surface area contributed by atoms with Crippen LogP contribution in [-0.4, -0.2) is 4.98 Å². The number of rotatable bonds is 3. The van der Waals surface area contributed by atoms with Crippen LogP contribution >= 0.6 is 0 Å². The molecule has 0 radical (unpaired) electrons. The fourth-order valence-electron chi connectivity index (χ4n) is 3.62. The largest absolute Gasteiger partial charge is 0.461 e. The first-order chi connectivity index (χ1) is 12.2. The molecule has 1 N–H and O–H groups in total. The summed E-state index contributed by atoms with van der Waals surface area (Å²) in [6.07, 6.45) is 0.978. The summed E-state index contributed by atoms with van der Waals surface area (Å²) in [6.45, 7) is 11.2. The molecule has 0 bridgehead atoms. The Kier molecular flexibility index (Phi) is 3.76. The van der Waals surface area contributed by atoms with Crippen LogP contribution in [0.4, 0.5) is 0 Å². The zero-order valence-corrected chi connectivity index (χ0v) is 16.3. The lowest BCUT2D eigenvalue weighted by atomic mass is 9.82. The molecule has 0 unspecified atom stereocenters. The maximum atomic E-state index is 6.04. The molecule has 4 rings (SSSR count). The van der Waals surface area contributed by atoms with E-state index in [2.05, 4.69) is 94.2 Å². The topological polar surface area (TPSA) is 28.9 Å². The highest BCUT2D eigenvalue weighted by Gasteiger charge is 2.24. The highest BCUT2D eigenvalue weighted by atomic mass is 16.3. The van der Waals surface area contributed by atoms with Gasteiger partial charge in [-0.05, 0) is 47.7 Å². The van der Waals surface area contributed by atoms with E-state index in [-0.39, 0.29) is 10.8 Å². The molecule has 2 aromatic heterocycles. The number of benzene rings is 2. The van der Waals surface area contributed by atoms with Gasteiger partial charge in [0.05, 0.1) is 0 Å². The quantitative estimate of drug-likeness (QED) is 0.438. The molecular formula is C24H27NO. The maximum Gasteiger partial charge on any atom is 0.134 e. The Hall–Kier alpha value is -2.48. The molecule has 2 heteroatoms. The van der Waals surface area contributed by atoms with Gasteiger partial charge in [-0.15, -0.1) is 0 Å². The van der Waals surface area contributed by atoms with Crippen LogP contribution in [0.3, 0.4) is 0 Å². The number of H-pyrrole nitrogens is 1. The van der Waals surface area contributed by atoms with E-state index in [4.69, 9.17) is 4.42 Å². The average molecular weight is 345 g/mol. The monoisotopic (exact) mass is 345 g/mol. The number of hydrogen-bond acceptors (Lipinski definition) is 1. The second kappa shape index (κ2) is 5.77. The van der Waals surface area contributed by atoms with Crippen molar-refractivity contribution in [2.24, 2.45) is 0 Å². The second-order valence-electron chi connectivity index (χ2n) is 9.06. The van der Waals surface area contributed by atoms with E-state index >= 15 is 0 Å². The third-order valence-electron chi connectivity index (χ3n) is 5.23. The Balaban J connectivity index is 1.66. The van der Waals surface area contributed by atoms with Gasteiger partial charge in [0.2, 0.25) is 0 Å². The van der Waals surface area contributed by atoms with Crippen molar-refractivity contribution >= 4 is 21.9 Å². The average Bonchev–Trinajstić information content (AvgIpc) is 3.18. The summed E-state index contributed by atoms with van der Waals surface area (Å²) in [5, 5.41) is 2.47. The van der Waals surface area contributed by atoms with E-state index in [0.29, 0.717) is 0 Å². The van der Waals surface area contributed by atoms with Gasteiger partial charge in [0.15, 0.2) is 0 Å². The molecular weight excluding hydrogens is 318 g/mol. The molecule has 0 amide bonds. The van der Waals surface area contributed by atoms with Crippen LogP contribution in [0.1, 0.15) is 51.6 Å². The smallest absolute Gasteiger partial charge is 0.134 e. The fraction of sp³-hybridized carbons (Fsp3) is 0.333. The van der Waals surface area contributed by atoms with E-state index in [1.54, 1.807) is 0 Å². The summed E-state index contributed by atoms with van der Waals surface area (Å²) in [5.41, 5.74) is 4.85. The van der Waals surface area contributed by atoms with Crippen LogP contribution in [0, 0.1) is 0 Å². The molecule has 0 aliphatic heterocycles. The van der Waals surface area contributed by atoms with Gasteiger partial charge >= 0.3 is 0 Å². The van der Waals surface area contributed by atoms with Crippen molar-refractivity contribution in [2.45, 2.75) is 51.9 Å². The van der Waals surface area contributed by atoms with Gasteiger partial charge in [-0.2, -0.15) is 0 Å². The zero-order valence-electron chi connectivity index (χ0n) is 16.3. The van der Waals surface area contributed by atoms with Gasteiger partial charge in [-0.1, -0.05) is 58.9 Å². The molecule has 4 aromatic rings. The summed E-state index contributed by atoms with van der Waals surface area (Å²) < 4.78 is 6.04. The highest BCUT2D eigenvalue weighted by molar-refractivity contribution is 5.81. The predicted octanol–water partition coefficient (Wildman–Crippen LogP) is 6.73. The fourth-order valence-corrected chi connectivity index (χ4v) is 3.62. The molecule has 0 saturated heterocycles. The normalized spacial score (nSPS) is 13.0. The third-order valence-corrected chi connectivity index (χ3v) is 5.23. The van der Waals surface area contributed by atoms with Gasteiger partial charge in [0, 0.05) is 27.4 Å². The lowest BCUT2D eigenvalue weighted by molar-refractivity contribution is 0.430. The van der Waals surface area contributed by atoms with Crippen molar-refractivity contribution in [1.29, 1.82) is 0 Å². The van der Waals surface area contributed by atoms with Crippen molar-refractivity contribution < 1.29 is 4.42 Å². The number of fused-ring (bicyclic) bond motifs is 2. The van der Waals surface area contributed by atoms with Gasteiger partial charge in [0.25, 0.3) is 0 Å². The Morgan fingerprint density at radius 3 is 2.35 bits per heavy atom. The SMILES string of the molecule is CC(C)(C)c1cc2cc(CC(C)(C)c3cc4ccccc4[nH]3)ccc2o1. The molecule has 0 saturated carbocycles. The number of aromatic nitrogens is 1. The van der Waals surface area contributed by atoms with E-state index in [1.165, 1.54) is 27.5 Å². The van der Waals surface area contributed by atoms with Crippen LogP contribution in [-0.2, 0) is 17.3 Å². The molecule has 2 heterocycles. The first kappa shape index (κ1) is 17.0. The van der Waals surface area contributed by atoms with Gasteiger partial charge in [0.1, 0.15) is 11.3 Å². The minimum Gasteiger partial charge on any atom is -0.461 e. The Morgan fingerprint density at radius 1 is 0.846 bits per heavy atom. The molecule has 2 nitrogen and oxygen atoms in total. The van der Waals surface area contributed by atoms with Crippen molar-refractivity contribution in [1.82, 2.24) is 4.98 Å². The van der Waals surface area contributed by atoms with E-state index < -0.39 is 0 Å². The zero-order chi connectivity index (χ0) is 18.5. The third kappa shape index (κ3) is 3.05. The molecule has 0 atom stereocenters. The highest BCUT2D eigenvalue weighted by Crippen LogP contribution is 2.33. The lowest BCUT2D eigenvalue weighted by Crippen LogP contribution is -2.20. The van der Waals surface area contributed by atoms with Crippen LogP contribution in [0.2, 0.25) is 0 Å². The molecule has 134 valence electrons. The lowest BCUT2D eigenvalue weighted by Gasteiger charge is -2.23. The Morgan fingerprint density at radius 2 is 1.62 bits per heavy atom. The number of aromatic amines is 1. The van der Waals surface area contributed by atoms with E-state index in [1.807, 2.05) is 0 Å². The van der Waals surface area contributed by atoms with Gasteiger partial charge in [-0.3, -0.25) is 0 Å². The number of para-hydroxylation sites is 1. The van der Waals surface area contributed by atoms with Gasteiger partial charge < -0.3 is 9.40 Å². The number of hydrogen-bond donors (Lipinski definition) is 1. The van der Waals surface area contributed by atoms with Crippen molar-refractivity contribution in [2.75, 3.05) is 0 Å². The van der Waals surface area contributed by atoms with Crippen LogP contribution < -0.4 is 0 Å². The second-order valence-corrected chi connectivity index (χ2v) is 9.06. The van der Waals surface area contributed by atoms with Crippen molar-refractivity contribution in [3.05, 3.63) is 71.6 Å². The predicted molar refractivity (Wildman–Crippen MR) is 110 cm³/mol. The summed E-state index contributed by atoms with van der Waals surface area (Å²) in [7, 11) is 0. The maximum absolute atomic E-state index is 6.04. The van der Waals surface area contributed by atoms with Crippen LogP contribution in [0.15, 0.2) is 59.0 Å². The Bertz CT molecular complexity index is 1040. The molecule has 0 fully saturated rings. The number of furan rings is 1.